The van der Waals surface area contributed by atoms with E-state index in [4.69, 9.17) is 4.42 Å². The molecule has 23 heavy (non-hydrogen) atoms. The molecule has 0 aromatic carbocycles. The van der Waals surface area contributed by atoms with Crippen molar-refractivity contribution in [2.24, 2.45) is 0 Å². The fourth-order valence-electron chi connectivity index (χ4n) is 1.55. The Morgan fingerprint density at radius 1 is 1.13 bits per heavy atom. The van der Waals surface area contributed by atoms with Crippen LogP contribution in [0.1, 0.15) is 44.5 Å². The third-order valence-electron chi connectivity index (χ3n) is 2.62. The minimum absolute atomic E-state index is 0.132. The van der Waals surface area contributed by atoms with Gasteiger partial charge in [-0.15, -0.1) is 0 Å². The number of oxazole rings is 1. The van der Waals surface area contributed by atoms with E-state index in [1.54, 1.807) is 20.8 Å². The first kappa shape index (κ1) is 19.3. The highest BCUT2D eigenvalue weighted by atomic mass is 19.4. The molecule has 0 saturated carbocycles. The molecule has 0 aliphatic carbocycles. The molecule has 0 spiro atoms. The summed E-state index contributed by atoms with van der Waals surface area (Å²) in [4.78, 5) is 14.2. The Morgan fingerprint density at radius 2 is 1.70 bits per heavy atom. The standard InChI is InChI=1S/C13H15F6NO3/c1-11(2,3)9-20-7(8(23-9)12(14,15)16)5-4-6-22-10(21)13(17,18)19/h4-6H2,1-3H3. The Hall–Kier alpha value is -1.74. The van der Waals surface area contributed by atoms with Crippen molar-refractivity contribution in [3.05, 3.63) is 17.3 Å². The topological polar surface area (TPSA) is 52.3 Å². The Bertz CT molecular complexity index is 554. The summed E-state index contributed by atoms with van der Waals surface area (Å²) in [7, 11) is 0. The predicted molar refractivity (Wildman–Crippen MR) is 65.5 cm³/mol. The van der Waals surface area contributed by atoms with Gasteiger partial charge in [0.15, 0.2) is 0 Å². The molecule has 1 rings (SSSR count). The Kier molecular flexibility index (Phi) is 5.37. The first-order valence-electron chi connectivity index (χ1n) is 6.54. The maximum Gasteiger partial charge on any atom is 0.490 e. The molecule has 132 valence electrons. The molecule has 10 heteroatoms. The van der Waals surface area contributed by atoms with Gasteiger partial charge >= 0.3 is 18.3 Å². The van der Waals surface area contributed by atoms with Crippen LogP contribution >= 0.6 is 0 Å². The summed E-state index contributed by atoms with van der Waals surface area (Å²) in [5.74, 6) is -3.80. The average molecular weight is 347 g/mol. The van der Waals surface area contributed by atoms with E-state index >= 15 is 0 Å². The van der Waals surface area contributed by atoms with Gasteiger partial charge in [0.1, 0.15) is 0 Å². The summed E-state index contributed by atoms with van der Waals surface area (Å²) in [6.07, 6.45) is -10.5. The monoisotopic (exact) mass is 347 g/mol. The quantitative estimate of drug-likeness (QED) is 0.469. The molecule has 1 heterocycles. The van der Waals surface area contributed by atoms with Gasteiger partial charge in [0.2, 0.25) is 11.7 Å². The second kappa shape index (κ2) is 6.40. The van der Waals surface area contributed by atoms with E-state index in [0.29, 0.717) is 0 Å². The molecule has 0 unspecified atom stereocenters. The van der Waals surface area contributed by atoms with Gasteiger partial charge in [-0.1, -0.05) is 20.8 Å². The number of hydrogen-bond donors (Lipinski definition) is 0. The van der Waals surface area contributed by atoms with Crippen molar-refractivity contribution in [3.8, 4) is 0 Å². The molecule has 0 radical (unpaired) electrons. The number of hydrogen-bond acceptors (Lipinski definition) is 4. The third-order valence-corrected chi connectivity index (χ3v) is 2.62. The zero-order valence-electron chi connectivity index (χ0n) is 12.6. The smallest absolute Gasteiger partial charge is 0.459 e. The number of carbonyl (C=O) groups excluding carboxylic acids is 1. The minimum Gasteiger partial charge on any atom is -0.459 e. The Morgan fingerprint density at radius 3 is 2.13 bits per heavy atom. The molecule has 0 atom stereocenters. The first-order valence-corrected chi connectivity index (χ1v) is 6.54. The number of nitrogens with zero attached hydrogens (tertiary/aromatic N) is 1. The normalized spacial score (nSPS) is 13.3. The zero-order chi connectivity index (χ0) is 18.1. The SMILES string of the molecule is CC(C)(C)c1nc(CCCOC(=O)C(F)(F)F)c(C(F)(F)F)o1. The summed E-state index contributed by atoms with van der Waals surface area (Å²) in [5.41, 5.74) is -1.19. The lowest BCUT2D eigenvalue weighted by molar-refractivity contribution is -0.199. The molecule has 1 aromatic heterocycles. The van der Waals surface area contributed by atoms with Crippen molar-refractivity contribution >= 4 is 5.97 Å². The highest BCUT2D eigenvalue weighted by molar-refractivity contribution is 5.75. The van der Waals surface area contributed by atoms with Gasteiger partial charge in [0.25, 0.3) is 0 Å². The second-order valence-electron chi connectivity index (χ2n) is 5.78. The van der Waals surface area contributed by atoms with Crippen LogP contribution in [0.4, 0.5) is 26.3 Å². The number of aryl methyl sites for hydroxylation is 1. The van der Waals surface area contributed by atoms with Gasteiger partial charge in [-0.05, 0) is 12.8 Å². The van der Waals surface area contributed by atoms with Crippen molar-refractivity contribution < 1.29 is 40.3 Å². The number of ether oxygens (including phenoxy) is 1. The first-order chi connectivity index (χ1) is 10.2. The number of carbonyl (C=O) groups is 1. The summed E-state index contributed by atoms with van der Waals surface area (Å²) < 4.78 is 83.0. The molecule has 0 N–H and O–H groups in total. The van der Waals surface area contributed by atoms with Crippen LogP contribution in [0.15, 0.2) is 4.42 Å². The lowest BCUT2D eigenvalue weighted by Gasteiger charge is -2.12. The molecular formula is C13H15F6NO3. The lowest BCUT2D eigenvalue weighted by atomic mass is 9.97. The molecule has 0 fully saturated rings. The molecule has 4 nitrogen and oxygen atoms in total. The van der Waals surface area contributed by atoms with Crippen molar-refractivity contribution in [3.63, 3.8) is 0 Å². The Balaban J connectivity index is 2.76. The van der Waals surface area contributed by atoms with Gasteiger partial charge in [-0.2, -0.15) is 26.3 Å². The summed E-state index contributed by atoms with van der Waals surface area (Å²) in [5, 5.41) is 0. The maximum absolute atomic E-state index is 12.9. The van der Waals surface area contributed by atoms with Crippen LogP contribution in [0.25, 0.3) is 0 Å². The number of aromatic nitrogens is 1. The van der Waals surface area contributed by atoms with Crippen LogP contribution in [0.3, 0.4) is 0 Å². The second-order valence-corrected chi connectivity index (χ2v) is 5.78. The zero-order valence-corrected chi connectivity index (χ0v) is 12.6. The summed E-state index contributed by atoms with van der Waals surface area (Å²) >= 11 is 0. The lowest BCUT2D eigenvalue weighted by Crippen LogP contribution is -2.25. The van der Waals surface area contributed by atoms with Crippen LogP contribution in [-0.4, -0.2) is 23.7 Å². The van der Waals surface area contributed by atoms with Gasteiger partial charge in [-0.25, -0.2) is 9.78 Å². The number of esters is 1. The fourth-order valence-corrected chi connectivity index (χ4v) is 1.55. The summed E-state index contributed by atoms with van der Waals surface area (Å²) in [6.45, 7) is 4.14. The van der Waals surface area contributed by atoms with E-state index in [2.05, 4.69) is 9.72 Å². The van der Waals surface area contributed by atoms with Crippen molar-refractivity contribution in [1.82, 2.24) is 4.98 Å². The van der Waals surface area contributed by atoms with Gasteiger partial charge < -0.3 is 9.15 Å². The largest absolute Gasteiger partial charge is 0.490 e. The van der Waals surface area contributed by atoms with Gasteiger partial charge in [-0.3, -0.25) is 0 Å². The maximum atomic E-state index is 12.9. The van der Waals surface area contributed by atoms with Crippen LogP contribution < -0.4 is 0 Å². The van der Waals surface area contributed by atoms with Crippen molar-refractivity contribution in [2.75, 3.05) is 6.61 Å². The van der Waals surface area contributed by atoms with Crippen molar-refractivity contribution in [1.29, 1.82) is 0 Å². The number of alkyl halides is 6. The average Bonchev–Trinajstić information content (AvgIpc) is 2.76. The Labute approximate surface area is 127 Å². The molecular weight excluding hydrogens is 332 g/mol. The molecule has 0 bridgehead atoms. The predicted octanol–water partition coefficient (Wildman–Crippen LogP) is 4.03. The molecule has 0 aliphatic heterocycles. The van der Waals surface area contributed by atoms with Gasteiger partial charge in [0, 0.05) is 5.41 Å². The summed E-state index contributed by atoms with van der Waals surface area (Å²) in [6, 6.07) is 0. The number of halogens is 6. The van der Waals surface area contributed by atoms with Crippen LogP contribution in [0, 0.1) is 0 Å². The molecule has 1 aromatic rings. The highest BCUT2D eigenvalue weighted by Crippen LogP contribution is 2.36. The van der Waals surface area contributed by atoms with E-state index in [1.807, 2.05) is 0 Å². The third kappa shape index (κ3) is 5.43. The van der Waals surface area contributed by atoms with E-state index in [1.165, 1.54) is 0 Å². The van der Waals surface area contributed by atoms with Gasteiger partial charge in [0.05, 0.1) is 12.3 Å². The highest BCUT2D eigenvalue weighted by Gasteiger charge is 2.42. The van der Waals surface area contributed by atoms with E-state index < -0.39 is 41.8 Å². The molecule has 0 aliphatic rings. The van der Waals surface area contributed by atoms with Crippen LogP contribution in [-0.2, 0) is 27.5 Å². The number of rotatable bonds is 4. The molecule has 0 amide bonds. The van der Waals surface area contributed by atoms with Crippen LogP contribution in [0.5, 0.6) is 0 Å². The molecule has 0 saturated heterocycles. The van der Waals surface area contributed by atoms with E-state index in [0.717, 1.165) is 0 Å². The fraction of sp³-hybridized carbons (Fsp3) is 0.692. The van der Waals surface area contributed by atoms with E-state index in [-0.39, 0.29) is 18.7 Å². The van der Waals surface area contributed by atoms with E-state index in [9.17, 15) is 31.1 Å². The minimum atomic E-state index is -5.13. The van der Waals surface area contributed by atoms with Crippen LogP contribution in [0.2, 0.25) is 0 Å². The van der Waals surface area contributed by atoms with Crippen molar-refractivity contribution in [2.45, 2.75) is 51.4 Å².